The van der Waals surface area contributed by atoms with Crippen LogP contribution in [0.5, 0.6) is 0 Å². The van der Waals surface area contributed by atoms with Gasteiger partial charge in [-0.1, -0.05) is 20.8 Å². The maximum atomic E-state index is 13.7. The van der Waals surface area contributed by atoms with E-state index in [2.05, 4.69) is 0 Å². The van der Waals surface area contributed by atoms with E-state index >= 15 is 0 Å². The summed E-state index contributed by atoms with van der Waals surface area (Å²) in [5.41, 5.74) is -1.51. The van der Waals surface area contributed by atoms with Crippen molar-refractivity contribution in [1.82, 2.24) is 9.80 Å². The van der Waals surface area contributed by atoms with Gasteiger partial charge in [0.15, 0.2) is 0 Å². The first-order valence-corrected chi connectivity index (χ1v) is 10.5. The molecule has 0 bridgehead atoms. The summed E-state index contributed by atoms with van der Waals surface area (Å²) in [6.45, 7) is -3.79. The summed E-state index contributed by atoms with van der Waals surface area (Å²) in [4.78, 5) is 21.6. The smallest absolute Gasteiger partial charge is 0.459 e. The van der Waals surface area contributed by atoms with E-state index in [1.807, 2.05) is 0 Å². The van der Waals surface area contributed by atoms with Gasteiger partial charge < -0.3 is 20.0 Å². The molecule has 0 saturated heterocycles. The van der Waals surface area contributed by atoms with Crippen LogP contribution in [0.1, 0.15) is 33.6 Å². The summed E-state index contributed by atoms with van der Waals surface area (Å²) < 4.78 is 181. The van der Waals surface area contributed by atoms with Crippen molar-refractivity contribution in [2.24, 2.45) is 11.3 Å². The molecule has 0 heterocycles. The molecule has 0 aromatic heterocycles. The second-order valence-corrected chi connectivity index (χ2v) is 9.66. The quantitative estimate of drug-likeness (QED) is 0.219. The Balaban J connectivity index is 5.49. The predicted molar refractivity (Wildman–Crippen MR) is 103 cm³/mol. The highest BCUT2D eigenvalue weighted by Crippen LogP contribution is 2.48. The van der Waals surface area contributed by atoms with Crippen molar-refractivity contribution >= 4 is 12.2 Å². The Morgan fingerprint density at radius 3 is 1.28 bits per heavy atom. The number of nitrogens with zero attached hydrogens (tertiary/aromatic N) is 2. The standard InChI is InChI=1S/C19H24F14N2O4/c1-10(4-5-34(11(36)37)8-14(20,21)16(24,25)18(28,29)30)6-13(2,3)7-35(12(38)39)9-15(22,23)17(26,27)19(31,32)33/h10H,4-9H2,1-3H3,(H,36,37)(H,38,39). The zero-order chi connectivity index (χ0) is 31.6. The van der Waals surface area contributed by atoms with Crippen LogP contribution in [-0.4, -0.2) is 94.4 Å². The van der Waals surface area contributed by atoms with Crippen molar-refractivity contribution in [2.45, 2.75) is 69.7 Å². The van der Waals surface area contributed by atoms with Crippen LogP contribution < -0.4 is 0 Å². The number of hydrogen-bond donors (Lipinski definition) is 2. The summed E-state index contributed by atoms with van der Waals surface area (Å²) in [5, 5.41) is 18.0. The highest BCUT2D eigenvalue weighted by molar-refractivity contribution is 5.65. The summed E-state index contributed by atoms with van der Waals surface area (Å²) >= 11 is 0. The lowest BCUT2D eigenvalue weighted by molar-refractivity contribution is -0.355. The molecule has 2 N–H and O–H groups in total. The number of hydrogen-bond acceptors (Lipinski definition) is 2. The van der Waals surface area contributed by atoms with E-state index in [4.69, 9.17) is 10.2 Å². The Morgan fingerprint density at radius 1 is 0.641 bits per heavy atom. The predicted octanol–water partition coefficient (Wildman–Crippen LogP) is 7.05. The largest absolute Gasteiger partial charge is 0.465 e. The molecule has 0 aromatic rings. The molecule has 0 saturated carbocycles. The van der Waals surface area contributed by atoms with Crippen molar-refractivity contribution in [2.75, 3.05) is 26.2 Å². The maximum absolute atomic E-state index is 13.7. The van der Waals surface area contributed by atoms with Gasteiger partial charge in [-0.15, -0.1) is 0 Å². The summed E-state index contributed by atoms with van der Waals surface area (Å²) in [5.74, 6) is -25.9. The number of amides is 2. The Kier molecular flexibility index (Phi) is 10.9. The van der Waals surface area contributed by atoms with E-state index in [-0.39, 0.29) is 6.42 Å². The van der Waals surface area contributed by atoms with E-state index in [9.17, 15) is 71.1 Å². The van der Waals surface area contributed by atoms with Crippen molar-refractivity contribution in [1.29, 1.82) is 0 Å². The second kappa shape index (κ2) is 11.6. The summed E-state index contributed by atoms with van der Waals surface area (Å²) in [7, 11) is 0. The first-order chi connectivity index (χ1) is 16.9. The number of rotatable bonds is 13. The molecule has 0 fully saturated rings. The average Bonchev–Trinajstić information content (AvgIpc) is 2.67. The molecule has 1 unspecified atom stereocenters. The third-order valence-corrected chi connectivity index (χ3v) is 5.36. The summed E-state index contributed by atoms with van der Waals surface area (Å²) in [6.07, 6.45) is -18.9. The lowest BCUT2D eigenvalue weighted by Gasteiger charge is -2.37. The molecule has 6 nitrogen and oxygen atoms in total. The minimum absolute atomic E-state index is 0.347. The third kappa shape index (κ3) is 9.04. The van der Waals surface area contributed by atoms with Crippen LogP contribution in [0.2, 0.25) is 0 Å². The van der Waals surface area contributed by atoms with Crippen LogP contribution in [0, 0.1) is 11.3 Å². The van der Waals surface area contributed by atoms with Gasteiger partial charge in [0.05, 0.1) is 13.1 Å². The number of alkyl halides is 14. The number of halogens is 14. The molecule has 0 aliphatic rings. The van der Waals surface area contributed by atoms with Gasteiger partial charge in [-0.2, -0.15) is 61.5 Å². The van der Waals surface area contributed by atoms with Gasteiger partial charge in [0.25, 0.3) is 0 Å². The van der Waals surface area contributed by atoms with Gasteiger partial charge >= 0.3 is 48.2 Å². The van der Waals surface area contributed by atoms with Gasteiger partial charge in [0.2, 0.25) is 0 Å². The lowest BCUT2D eigenvalue weighted by Crippen LogP contribution is -2.58. The van der Waals surface area contributed by atoms with Crippen LogP contribution in [-0.2, 0) is 0 Å². The topological polar surface area (TPSA) is 81.1 Å². The summed E-state index contributed by atoms with van der Waals surface area (Å²) in [6, 6.07) is 0. The van der Waals surface area contributed by atoms with E-state index < -0.39 is 102 Å². The van der Waals surface area contributed by atoms with Gasteiger partial charge in [-0.3, -0.25) is 0 Å². The molecule has 0 rings (SSSR count). The van der Waals surface area contributed by atoms with Crippen LogP contribution in [0.3, 0.4) is 0 Å². The zero-order valence-corrected chi connectivity index (χ0v) is 20.2. The van der Waals surface area contributed by atoms with Crippen LogP contribution in [0.4, 0.5) is 71.1 Å². The van der Waals surface area contributed by atoms with Gasteiger partial charge in [-0.05, 0) is 24.2 Å². The molecular weight excluding hydrogens is 586 g/mol. The Hall–Kier alpha value is -2.44. The van der Waals surface area contributed by atoms with Crippen LogP contribution >= 0.6 is 0 Å². The molecule has 0 aromatic carbocycles. The lowest BCUT2D eigenvalue weighted by atomic mass is 9.81. The molecule has 2 amide bonds. The highest BCUT2D eigenvalue weighted by Gasteiger charge is 2.74. The molecular formula is C19H24F14N2O4. The monoisotopic (exact) mass is 610 g/mol. The highest BCUT2D eigenvalue weighted by atomic mass is 19.4. The van der Waals surface area contributed by atoms with Crippen molar-refractivity contribution in [3.63, 3.8) is 0 Å². The first-order valence-electron chi connectivity index (χ1n) is 10.5. The van der Waals surface area contributed by atoms with Crippen LogP contribution in [0.15, 0.2) is 0 Å². The molecule has 0 spiro atoms. The van der Waals surface area contributed by atoms with E-state index in [0.717, 1.165) is 13.8 Å². The van der Waals surface area contributed by atoms with Crippen LogP contribution in [0.25, 0.3) is 0 Å². The molecule has 1 atom stereocenters. The molecule has 39 heavy (non-hydrogen) atoms. The van der Waals surface area contributed by atoms with Crippen molar-refractivity contribution in [3.05, 3.63) is 0 Å². The Labute approximate surface area is 211 Å². The normalized spacial score (nSPS) is 15.2. The van der Waals surface area contributed by atoms with E-state index in [1.165, 1.54) is 6.92 Å². The molecule has 20 heteroatoms. The fourth-order valence-electron chi connectivity index (χ4n) is 3.53. The number of carbonyl (C=O) groups is 2. The molecule has 232 valence electrons. The maximum Gasteiger partial charge on any atom is 0.459 e. The first kappa shape index (κ1) is 36.6. The number of carboxylic acid groups (broad SMARTS) is 2. The molecule has 0 radical (unpaired) electrons. The third-order valence-electron chi connectivity index (χ3n) is 5.36. The fourth-order valence-corrected chi connectivity index (χ4v) is 3.53. The average molecular weight is 610 g/mol. The molecule has 0 aliphatic heterocycles. The van der Waals surface area contributed by atoms with E-state index in [0.29, 0.717) is 0 Å². The van der Waals surface area contributed by atoms with Crippen molar-refractivity contribution in [3.8, 4) is 0 Å². The fraction of sp³-hybridized carbons (Fsp3) is 0.895. The van der Waals surface area contributed by atoms with Gasteiger partial charge in [0, 0.05) is 13.1 Å². The SMILES string of the molecule is CC(CCN(CC(F)(F)C(F)(F)C(F)(F)F)C(=O)O)CC(C)(C)CN(CC(F)(F)C(F)(F)C(F)(F)F)C(=O)O. The Morgan fingerprint density at radius 2 is 0.974 bits per heavy atom. The van der Waals surface area contributed by atoms with Gasteiger partial charge in [-0.25, -0.2) is 9.59 Å². The van der Waals surface area contributed by atoms with Crippen molar-refractivity contribution < 1.29 is 81.3 Å². The zero-order valence-electron chi connectivity index (χ0n) is 20.2. The van der Waals surface area contributed by atoms with Gasteiger partial charge in [0.1, 0.15) is 0 Å². The minimum Gasteiger partial charge on any atom is -0.465 e. The molecule has 0 aliphatic carbocycles. The second-order valence-electron chi connectivity index (χ2n) is 9.66. The Bertz CT molecular complexity index is 858. The minimum atomic E-state index is -6.72. The van der Waals surface area contributed by atoms with E-state index in [1.54, 1.807) is 0 Å².